The molecular formula is C18H24N2O2S. The van der Waals surface area contributed by atoms with Crippen molar-refractivity contribution in [3.63, 3.8) is 0 Å². The van der Waals surface area contributed by atoms with Gasteiger partial charge in [-0.05, 0) is 31.9 Å². The van der Waals surface area contributed by atoms with Crippen LogP contribution in [0.5, 0.6) is 0 Å². The topological polar surface area (TPSA) is 49.4 Å². The summed E-state index contributed by atoms with van der Waals surface area (Å²) in [6.07, 6.45) is 5.47. The predicted octanol–water partition coefficient (Wildman–Crippen LogP) is 3.53. The number of hydrogen-bond donors (Lipinski definition) is 1. The van der Waals surface area contributed by atoms with Gasteiger partial charge in [0, 0.05) is 29.7 Å². The summed E-state index contributed by atoms with van der Waals surface area (Å²) in [6, 6.07) is 8.01. The largest absolute Gasteiger partial charge is 0.342 e. The van der Waals surface area contributed by atoms with Gasteiger partial charge in [0.2, 0.25) is 11.8 Å². The highest BCUT2D eigenvalue weighted by molar-refractivity contribution is 8.00. The van der Waals surface area contributed by atoms with Gasteiger partial charge in [-0.1, -0.05) is 25.0 Å². The molecule has 0 unspecified atom stereocenters. The number of anilines is 1. The van der Waals surface area contributed by atoms with Crippen LogP contribution in [-0.4, -0.2) is 35.1 Å². The fourth-order valence-corrected chi connectivity index (χ4v) is 4.68. The van der Waals surface area contributed by atoms with Crippen molar-refractivity contribution in [1.82, 2.24) is 4.90 Å². The number of nitrogens with one attached hydrogen (secondary N) is 1. The molecule has 0 radical (unpaired) electrons. The molecule has 23 heavy (non-hydrogen) atoms. The van der Waals surface area contributed by atoms with Gasteiger partial charge in [0.15, 0.2) is 0 Å². The van der Waals surface area contributed by atoms with Crippen LogP contribution < -0.4 is 5.32 Å². The van der Waals surface area contributed by atoms with Gasteiger partial charge >= 0.3 is 0 Å². The van der Waals surface area contributed by atoms with E-state index in [1.54, 1.807) is 4.90 Å². The molecule has 1 heterocycles. The lowest BCUT2D eigenvalue weighted by atomic mass is 10.1. The molecule has 1 aromatic carbocycles. The van der Waals surface area contributed by atoms with Crippen LogP contribution in [0.1, 0.15) is 39.0 Å². The van der Waals surface area contributed by atoms with Gasteiger partial charge in [-0.3, -0.25) is 9.59 Å². The normalized spacial score (nSPS) is 21.9. The van der Waals surface area contributed by atoms with Crippen molar-refractivity contribution in [2.45, 2.75) is 49.2 Å². The highest BCUT2D eigenvalue weighted by atomic mass is 32.2. The number of nitrogens with zero attached hydrogens (tertiary/aromatic N) is 1. The molecular weight excluding hydrogens is 308 g/mol. The molecule has 1 aromatic rings. The fourth-order valence-electron chi connectivity index (χ4n) is 3.35. The Labute approximate surface area is 142 Å². The van der Waals surface area contributed by atoms with Gasteiger partial charge in [-0.2, -0.15) is 0 Å². The van der Waals surface area contributed by atoms with E-state index in [-0.39, 0.29) is 17.7 Å². The third-order valence-corrected chi connectivity index (χ3v) is 6.12. The number of benzene rings is 1. The van der Waals surface area contributed by atoms with E-state index in [0.717, 1.165) is 10.6 Å². The van der Waals surface area contributed by atoms with E-state index >= 15 is 0 Å². The van der Waals surface area contributed by atoms with E-state index in [1.807, 2.05) is 36.9 Å². The zero-order chi connectivity index (χ0) is 16.2. The molecule has 1 atom stereocenters. The number of carbonyl (C=O) groups excluding carboxylic acids is 2. The first-order valence-corrected chi connectivity index (χ1v) is 9.39. The third-order valence-electron chi connectivity index (χ3n) is 4.71. The predicted molar refractivity (Wildman–Crippen MR) is 93.5 cm³/mol. The number of likely N-dealkylation sites (tertiary alicyclic amines) is 1. The Morgan fingerprint density at radius 1 is 1.30 bits per heavy atom. The van der Waals surface area contributed by atoms with E-state index in [9.17, 15) is 9.59 Å². The number of para-hydroxylation sites is 1. The summed E-state index contributed by atoms with van der Waals surface area (Å²) < 4.78 is 0. The highest BCUT2D eigenvalue weighted by Crippen LogP contribution is 2.38. The molecule has 2 aliphatic rings. The summed E-state index contributed by atoms with van der Waals surface area (Å²) in [4.78, 5) is 27.2. The van der Waals surface area contributed by atoms with E-state index in [0.29, 0.717) is 24.8 Å². The van der Waals surface area contributed by atoms with Crippen molar-refractivity contribution in [2.24, 2.45) is 5.92 Å². The third kappa shape index (κ3) is 3.89. The second kappa shape index (κ2) is 7.39. The molecule has 1 aliphatic heterocycles. The minimum Gasteiger partial charge on any atom is -0.342 e. The molecule has 1 aliphatic carbocycles. The number of hydrogen-bond acceptors (Lipinski definition) is 3. The lowest BCUT2D eigenvalue weighted by Gasteiger charge is -2.16. The second-order valence-electron chi connectivity index (χ2n) is 6.34. The summed E-state index contributed by atoms with van der Waals surface area (Å²) in [7, 11) is 0. The van der Waals surface area contributed by atoms with E-state index < -0.39 is 0 Å². The average molecular weight is 332 g/mol. The SMILES string of the molecule is CCN1C[C@H](C(=O)Nc2ccccc2SC2CCCC2)CC1=O. The van der Waals surface area contributed by atoms with Gasteiger partial charge in [-0.15, -0.1) is 11.8 Å². The minimum atomic E-state index is -0.230. The summed E-state index contributed by atoms with van der Waals surface area (Å²) >= 11 is 1.88. The number of amides is 2. The zero-order valence-corrected chi connectivity index (χ0v) is 14.4. The second-order valence-corrected chi connectivity index (χ2v) is 7.69. The number of thioether (sulfide) groups is 1. The van der Waals surface area contributed by atoms with E-state index in [2.05, 4.69) is 11.4 Å². The van der Waals surface area contributed by atoms with Crippen LogP contribution in [0.2, 0.25) is 0 Å². The Morgan fingerprint density at radius 2 is 2.04 bits per heavy atom. The lowest BCUT2D eigenvalue weighted by Crippen LogP contribution is -2.28. The Morgan fingerprint density at radius 3 is 2.74 bits per heavy atom. The molecule has 4 nitrogen and oxygen atoms in total. The molecule has 0 bridgehead atoms. The maximum Gasteiger partial charge on any atom is 0.229 e. The summed E-state index contributed by atoms with van der Waals surface area (Å²) in [5.74, 6) is -0.179. The van der Waals surface area contributed by atoms with Crippen molar-refractivity contribution >= 4 is 29.3 Å². The van der Waals surface area contributed by atoms with Crippen molar-refractivity contribution in [3.8, 4) is 0 Å². The molecule has 2 fully saturated rings. The Balaban J connectivity index is 1.65. The van der Waals surface area contributed by atoms with Crippen LogP contribution in [-0.2, 0) is 9.59 Å². The summed E-state index contributed by atoms with van der Waals surface area (Å²) in [5.41, 5.74) is 0.886. The summed E-state index contributed by atoms with van der Waals surface area (Å²) in [6.45, 7) is 3.17. The minimum absolute atomic E-state index is 0.0335. The Hall–Kier alpha value is -1.49. The monoisotopic (exact) mass is 332 g/mol. The van der Waals surface area contributed by atoms with Crippen LogP contribution >= 0.6 is 11.8 Å². The molecule has 1 N–H and O–H groups in total. The summed E-state index contributed by atoms with van der Waals surface area (Å²) in [5, 5.41) is 3.72. The van der Waals surface area contributed by atoms with Crippen LogP contribution in [0.15, 0.2) is 29.2 Å². The van der Waals surface area contributed by atoms with Gasteiger partial charge in [0.25, 0.3) is 0 Å². The maximum absolute atomic E-state index is 12.5. The first-order valence-electron chi connectivity index (χ1n) is 8.51. The van der Waals surface area contributed by atoms with Gasteiger partial charge < -0.3 is 10.2 Å². The first-order chi connectivity index (χ1) is 11.2. The van der Waals surface area contributed by atoms with Crippen LogP contribution in [0.3, 0.4) is 0 Å². The Kier molecular flexibility index (Phi) is 5.26. The first kappa shape index (κ1) is 16.4. The van der Waals surface area contributed by atoms with E-state index in [4.69, 9.17) is 0 Å². The lowest BCUT2D eigenvalue weighted by molar-refractivity contribution is -0.128. The molecule has 0 spiro atoms. The van der Waals surface area contributed by atoms with Gasteiger partial charge in [0.05, 0.1) is 11.6 Å². The maximum atomic E-state index is 12.5. The molecule has 124 valence electrons. The standard InChI is InChI=1S/C18H24N2O2S/c1-2-20-12-13(11-17(20)21)18(22)19-15-9-5-6-10-16(15)23-14-7-3-4-8-14/h5-6,9-10,13-14H,2-4,7-8,11-12H2,1H3,(H,19,22)/t13-/m1/s1. The Bertz CT molecular complexity index is 584. The molecule has 1 saturated heterocycles. The average Bonchev–Trinajstić information content (AvgIpc) is 3.18. The highest BCUT2D eigenvalue weighted by Gasteiger charge is 2.33. The van der Waals surface area contributed by atoms with Crippen molar-refractivity contribution < 1.29 is 9.59 Å². The van der Waals surface area contributed by atoms with E-state index in [1.165, 1.54) is 25.7 Å². The fraction of sp³-hybridized carbons (Fsp3) is 0.556. The molecule has 3 rings (SSSR count). The van der Waals surface area contributed by atoms with Crippen LogP contribution in [0, 0.1) is 5.92 Å². The van der Waals surface area contributed by atoms with Crippen LogP contribution in [0.25, 0.3) is 0 Å². The smallest absolute Gasteiger partial charge is 0.229 e. The zero-order valence-electron chi connectivity index (χ0n) is 13.6. The van der Waals surface area contributed by atoms with Crippen molar-refractivity contribution in [1.29, 1.82) is 0 Å². The van der Waals surface area contributed by atoms with Crippen molar-refractivity contribution in [2.75, 3.05) is 18.4 Å². The quantitative estimate of drug-likeness (QED) is 0.897. The van der Waals surface area contributed by atoms with Crippen molar-refractivity contribution in [3.05, 3.63) is 24.3 Å². The molecule has 2 amide bonds. The van der Waals surface area contributed by atoms with Gasteiger partial charge in [0.1, 0.15) is 0 Å². The van der Waals surface area contributed by atoms with Gasteiger partial charge in [-0.25, -0.2) is 0 Å². The van der Waals surface area contributed by atoms with Crippen LogP contribution in [0.4, 0.5) is 5.69 Å². The number of carbonyl (C=O) groups is 2. The molecule has 0 aromatic heterocycles. The molecule has 1 saturated carbocycles. The molecule has 5 heteroatoms. The number of rotatable bonds is 5.